The Balaban J connectivity index is 1.53. The van der Waals surface area contributed by atoms with Crippen LogP contribution in [0.15, 0.2) is 36.4 Å². The molecule has 2 saturated heterocycles. The number of ketones is 1. The summed E-state index contributed by atoms with van der Waals surface area (Å²) in [5.41, 5.74) is 2.62. The van der Waals surface area contributed by atoms with Gasteiger partial charge in [-0.2, -0.15) is 0 Å². The third-order valence-electron chi connectivity index (χ3n) is 7.14. The summed E-state index contributed by atoms with van der Waals surface area (Å²) in [6.45, 7) is 0.796. The number of halogens is 1. The predicted molar refractivity (Wildman–Crippen MR) is 117 cm³/mol. The second-order valence-corrected chi connectivity index (χ2v) is 8.75. The van der Waals surface area contributed by atoms with Crippen molar-refractivity contribution in [3.63, 3.8) is 0 Å². The van der Waals surface area contributed by atoms with E-state index in [9.17, 15) is 14.0 Å². The van der Waals surface area contributed by atoms with Gasteiger partial charge in [-0.1, -0.05) is 0 Å². The Morgan fingerprint density at radius 3 is 2.62 bits per heavy atom. The van der Waals surface area contributed by atoms with Crippen LogP contribution < -0.4 is 9.47 Å². The molecule has 0 radical (unpaired) electrons. The number of fused-ring (bicyclic) bond motifs is 6. The van der Waals surface area contributed by atoms with Crippen molar-refractivity contribution in [3.05, 3.63) is 58.9 Å². The first-order valence-electron chi connectivity index (χ1n) is 11.1. The van der Waals surface area contributed by atoms with Crippen LogP contribution in [0.5, 0.6) is 11.5 Å². The number of rotatable bonds is 5. The van der Waals surface area contributed by atoms with Gasteiger partial charge in [0, 0.05) is 29.8 Å². The van der Waals surface area contributed by atoms with Gasteiger partial charge in [-0.25, -0.2) is 4.39 Å². The normalized spacial score (nSPS) is 24.5. The standard InChI is InChI=1S/C25H27FN2O4/c1-31-18-12-16-10-11-27-24(23(16)22(13-18)32-2)19-4-3-5-20(25(27)30)28(19)14-21(29)15-6-8-17(26)9-7-15/h6-9,12-13,19-20,24H,3-5,10-11,14H2,1-2H3. The molecule has 2 aromatic rings. The maximum atomic E-state index is 13.5. The Kier molecular flexibility index (Phi) is 5.37. The first-order chi connectivity index (χ1) is 15.5. The Bertz CT molecular complexity index is 1040. The van der Waals surface area contributed by atoms with E-state index in [0.717, 1.165) is 48.3 Å². The van der Waals surface area contributed by atoms with Crippen LogP contribution in [0.2, 0.25) is 0 Å². The lowest BCUT2D eigenvalue weighted by Crippen LogP contribution is -2.66. The number of ether oxygens (including phenoxy) is 2. The molecule has 1 amide bonds. The summed E-state index contributed by atoms with van der Waals surface area (Å²) in [4.78, 5) is 30.6. The molecular formula is C25H27FN2O4. The van der Waals surface area contributed by atoms with E-state index in [1.165, 1.54) is 24.3 Å². The summed E-state index contributed by atoms with van der Waals surface area (Å²) in [6, 6.07) is 9.09. The molecule has 0 aliphatic carbocycles. The number of carbonyl (C=O) groups excluding carboxylic acids is 2. The van der Waals surface area contributed by atoms with Gasteiger partial charge >= 0.3 is 0 Å². The van der Waals surface area contributed by atoms with Crippen LogP contribution in [0, 0.1) is 5.82 Å². The summed E-state index contributed by atoms with van der Waals surface area (Å²) < 4.78 is 24.5. The number of Topliss-reactive ketones (excluding diaryl/α,β-unsaturated/α-hetero) is 1. The summed E-state index contributed by atoms with van der Waals surface area (Å²) in [5.74, 6) is 1.07. The lowest BCUT2D eigenvalue weighted by molar-refractivity contribution is -0.155. The van der Waals surface area contributed by atoms with Crippen LogP contribution in [0.1, 0.15) is 46.8 Å². The molecule has 3 aliphatic rings. The van der Waals surface area contributed by atoms with Crippen molar-refractivity contribution in [2.45, 2.75) is 43.8 Å². The third kappa shape index (κ3) is 3.35. The van der Waals surface area contributed by atoms with E-state index in [0.29, 0.717) is 12.1 Å². The molecule has 3 heterocycles. The highest BCUT2D eigenvalue weighted by atomic mass is 19.1. The molecular weight excluding hydrogens is 411 g/mol. The van der Waals surface area contributed by atoms with Gasteiger partial charge in [0.25, 0.3) is 0 Å². The average molecular weight is 438 g/mol. The summed E-state index contributed by atoms with van der Waals surface area (Å²) in [7, 11) is 3.27. The van der Waals surface area contributed by atoms with Crippen molar-refractivity contribution < 1.29 is 23.5 Å². The monoisotopic (exact) mass is 438 g/mol. The topological polar surface area (TPSA) is 59.1 Å². The van der Waals surface area contributed by atoms with E-state index < -0.39 is 0 Å². The summed E-state index contributed by atoms with van der Waals surface area (Å²) >= 11 is 0. The second kappa shape index (κ2) is 8.20. The van der Waals surface area contributed by atoms with E-state index in [1.54, 1.807) is 14.2 Å². The fraction of sp³-hybridized carbons (Fsp3) is 0.440. The zero-order chi connectivity index (χ0) is 22.4. The fourth-order valence-electron chi connectivity index (χ4n) is 5.67. The van der Waals surface area contributed by atoms with Crippen molar-refractivity contribution in [1.82, 2.24) is 9.80 Å². The molecule has 2 fully saturated rings. The van der Waals surface area contributed by atoms with Gasteiger partial charge in [-0.15, -0.1) is 0 Å². The van der Waals surface area contributed by atoms with Crippen LogP contribution in [0.4, 0.5) is 4.39 Å². The number of amides is 1. The van der Waals surface area contributed by atoms with Gasteiger partial charge in [0.15, 0.2) is 5.78 Å². The minimum atomic E-state index is -0.372. The van der Waals surface area contributed by atoms with E-state index in [-0.39, 0.29) is 42.2 Å². The summed E-state index contributed by atoms with van der Waals surface area (Å²) in [6.07, 6.45) is 3.34. The molecule has 3 aliphatic heterocycles. The zero-order valence-electron chi connectivity index (χ0n) is 18.3. The maximum absolute atomic E-state index is 13.5. The van der Waals surface area contributed by atoms with Gasteiger partial charge in [0.1, 0.15) is 17.3 Å². The van der Waals surface area contributed by atoms with E-state index in [2.05, 4.69) is 4.90 Å². The molecule has 32 heavy (non-hydrogen) atoms. The molecule has 0 aromatic heterocycles. The second-order valence-electron chi connectivity index (χ2n) is 8.75. The number of nitrogens with zero attached hydrogens (tertiary/aromatic N) is 2. The van der Waals surface area contributed by atoms with Crippen molar-refractivity contribution in [3.8, 4) is 11.5 Å². The number of methoxy groups -OCH3 is 2. The Labute approximate surface area is 186 Å². The number of carbonyl (C=O) groups is 2. The predicted octanol–water partition coefficient (Wildman–Crippen LogP) is 3.39. The van der Waals surface area contributed by atoms with Gasteiger partial charge in [-0.05, 0) is 61.6 Å². The average Bonchev–Trinajstić information content (AvgIpc) is 2.81. The number of piperidine rings is 1. The van der Waals surface area contributed by atoms with Crippen LogP contribution in [0.25, 0.3) is 0 Å². The molecule has 0 saturated carbocycles. The highest BCUT2D eigenvalue weighted by Crippen LogP contribution is 2.48. The number of benzene rings is 2. The van der Waals surface area contributed by atoms with E-state index in [1.807, 2.05) is 17.0 Å². The van der Waals surface area contributed by atoms with Gasteiger partial charge in [0.2, 0.25) is 5.91 Å². The van der Waals surface area contributed by atoms with E-state index >= 15 is 0 Å². The molecule has 7 heteroatoms. The number of piperazine rings is 1. The molecule has 168 valence electrons. The molecule has 0 spiro atoms. The molecule has 3 unspecified atom stereocenters. The molecule has 2 aromatic carbocycles. The van der Waals surface area contributed by atoms with Crippen molar-refractivity contribution in [2.75, 3.05) is 27.3 Å². The van der Waals surface area contributed by atoms with Gasteiger partial charge < -0.3 is 14.4 Å². The highest BCUT2D eigenvalue weighted by Gasteiger charge is 2.52. The Hall–Kier alpha value is -2.93. The molecule has 5 rings (SSSR count). The van der Waals surface area contributed by atoms with Crippen LogP contribution in [-0.2, 0) is 11.2 Å². The molecule has 2 bridgehead atoms. The number of hydrogen-bond acceptors (Lipinski definition) is 5. The minimum Gasteiger partial charge on any atom is -0.497 e. The third-order valence-corrected chi connectivity index (χ3v) is 7.14. The Morgan fingerprint density at radius 2 is 1.91 bits per heavy atom. The Morgan fingerprint density at radius 1 is 1.12 bits per heavy atom. The van der Waals surface area contributed by atoms with Crippen molar-refractivity contribution in [2.24, 2.45) is 0 Å². The van der Waals surface area contributed by atoms with E-state index in [4.69, 9.17) is 9.47 Å². The van der Waals surface area contributed by atoms with Gasteiger partial charge in [-0.3, -0.25) is 14.5 Å². The SMILES string of the molecule is COc1cc2c(c(OC)c1)C1C3CCCC(C(=O)N1CC2)N3CC(=O)c1ccc(F)cc1. The molecule has 0 N–H and O–H groups in total. The smallest absolute Gasteiger partial charge is 0.240 e. The highest BCUT2D eigenvalue weighted by molar-refractivity contribution is 5.98. The molecule has 3 atom stereocenters. The zero-order valence-corrected chi connectivity index (χ0v) is 18.3. The maximum Gasteiger partial charge on any atom is 0.240 e. The summed E-state index contributed by atoms with van der Waals surface area (Å²) in [5, 5.41) is 0. The van der Waals surface area contributed by atoms with Gasteiger partial charge in [0.05, 0.1) is 32.8 Å². The van der Waals surface area contributed by atoms with Crippen LogP contribution in [0.3, 0.4) is 0 Å². The van der Waals surface area contributed by atoms with Crippen LogP contribution >= 0.6 is 0 Å². The van der Waals surface area contributed by atoms with Crippen LogP contribution in [-0.4, -0.2) is 60.9 Å². The quantitative estimate of drug-likeness (QED) is 0.670. The largest absolute Gasteiger partial charge is 0.497 e. The lowest BCUT2D eigenvalue weighted by atomic mass is 9.78. The number of hydrogen-bond donors (Lipinski definition) is 0. The van der Waals surface area contributed by atoms with Crippen molar-refractivity contribution >= 4 is 11.7 Å². The minimum absolute atomic E-state index is 0.0252. The molecule has 6 nitrogen and oxygen atoms in total. The lowest BCUT2D eigenvalue weighted by Gasteiger charge is -2.55. The van der Waals surface area contributed by atoms with Crippen molar-refractivity contribution in [1.29, 1.82) is 0 Å². The first-order valence-corrected chi connectivity index (χ1v) is 11.1. The first kappa shape index (κ1) is 20.9. The fourth-order valence-corrected chi connectivity index (χ4v) is 5.67.